The first-order chi connectivity index (χ1) is 9.88. The molecule has 0 aliphatic rings. The van der Waals surface area contributed by atoms with Gasteiger partial charge in [0.05, 0.1) is 11.0 Å². The van der Waals surface area contributed by atoms with Gasteiger partial charge in [0.1, 0.15) is 17.3 Å². The Morgan fingerprint density at radius 1 is 1.24 bits per heavy atom. The Balaban J connectivity index is 2.33. The number of benzene rings is 2. The van der Waals surface area contributed by atoms with Crippen LogP contribution >= 0.6 is 15.9 Å². The molecule has 1 N–H and O–H groups in total. The molecule has 0 fully saturated rings. The minimum absolute atomic E-state index is 0.00909. The third-order valence-electron chi connectivity index (χ3n) is 2.96. The van der Waals surface area contributed by atoms with E-state index in [9.17, 15) is 18.9 Å². The number of anilines is 1. The molecule has 0 aromatic heterocycles. The molecule has 2 aromatic carbocycles. The number of rotatable bonds is 4. The zero-order valence-electron chi connectivity index (χ0n) is 10.9. The van der Waals surface area contributed by atoms with Gasteiger partial charge >= 0.3 is 0 Å². The van der Waals surface area contributed by atoms with Crippen LogP contribution in [0.15, 0.2) is 40.9 Å². The van der Waals surface area contributed by atoms with Crippen molar-refractivity contribution in [2.24, 2.45) is 0 Å². The molecule has 1 unspecified atom stereocenters. The molecule has 2 aromatic rings. The molecule has 0 spiro atoms. The fraction of sp³-hybridized carbons (Fsp3) is 0.143. The molecule has 1 atom stereocenters. The molecule has 0 saturated heterocycles. The molecule has 0 bridgehead atoms. The van der Waals surface area contributed by atoms with Crippen LogP contribution in [0.3, 0.4) is 0 Å². The average Bonchev–Trinajstić information content (AvgIpc) is 2.37. The van der Waals surface area contributed by atoms with Gasteiger partial charge in [-0.05, 0) is 25.1 Å². The predicted molar refractivity (Wildman–Crippen MR) is 79.2 cm³/mol. The molecular formula is C14H11BrF2N2O2. The fourth-order valence-electron chi connectivity index (χ4n) is 1.95. The van der Waals surface area contributed by atoms with Crippen molar-refractivity contribution in [1.29, 1.82) is 0 Å². The molecule has 0 amide bonds. The maximum atomic E-state index is 13.9. The van der Waals surface area contributed by atoms with Crippen LogP contribution in [0.25, 0.3) is 0 Å². The first kappa shape index (κ1) is 15.4. The number of nitrogens with one attached hydrogen (secondary N) is 1. The minimum Gasteiger partial charge on any atom is -0.373 e. The maximum Gasteiger partial charge on any atom is 0.292 e. The summed E-state index contributed by atoms with van der Waals surface area (Å²) in [7, 11) is 0. The van der Waals surface area contributed by atoms with E-state index in [1.54, 1.807) is 19.1 Å². The number of hydrogen-bond donors (Lipinski definition) is 1. The third kappa shape index (κ3) is 3.55. The molecular weight excluding hydrogens is 346 g/mol. The van der Waals surface area contributed by atoms with Crippen LogP contribution in [-0.4, -0.2) is 4.92 Å². The lowest BCUT2D eigenvalue weighted by Crippen LogP contribution is -2.10. The molecule has 2 rings (SSSR count). The second-order valence-corrected chi connectivity index (χ2v) is 5.37. The van der Waals surface area contributed by atoms with Crippen molar-refractivity contribution in [3.05, 3.63) is 68.2 Å². The quantitative estimate of drug-likeness (QED) is 0.631. The second kappa shape index (κ2) is 6.17. The van der Waals surface area contributed by atoms with Crippen LogP contribution in [0.5, 0.6) is 0 Å². The highest BCUT2D eigenvalue weighted by atomic mass is 79.9. The van der Waals surface area contributed by atoms with Crippen molar-refractivity contribution in [3.8, 4) is 0 Å². The first-order valence-corrected chi connectivity index (χ1v) is 6.83. The summed E-state index contributed by atoms with van der Waals surface area (Å²) in [6.07, 6.45) is 0. The van der Waals surface area contributed by atoms with E-state index in [1.807, 2.05) is 0 Å². The molecule has 0 radical (unpaired) electrons. The van der Waals surface area contributed by atoms with Crippen LogP contribution in [0, 0.1) is 21.7 Å². The van der Waals surface area contributed by atoms with E-state index in [2.05, 4.69) is 21.2 Å². The third-order valence-corrected chi connectivity index (χ3v) is 3.45. The van der Waals surface area contributed by atoms with Crippen molar-refractivity contribution in [2.75, 3.05) is 5.32 Å². The van der Waals surface area contributed by atoms with E-state index in [-0.39, 0.29) is 11.4 Å². The molecule has 0 saturated carbocycles. The van der Waals surface area contributed by atoms with E-state index in [0.29, 0.717) is 10.0 Å². The van der Waals surface area contributed by atoms with E-state index >= 15 is 0 Å². The molecule has 21 heavy (non-hydrogen) atoms. The summed E-state index contributed by atoms with van der Waals surface area (Å²) in [5, 5.41) is 13.7. The summed E-state index contributed by atoms with van der Waals surface area (Å²) in [6.45, 7) is 1.64. The Bertz CT molecular complexity index is 695. The highest BCUT2D eigenvalue weighted by Crippen LogP contribution is 2.30. The monoisotopic (exact) mass is 356 g/mol. The lowest BCUT2D eigenvalue weighted by Gasteiger charge is -2.16. The Morgan fingerprint density at radius 2 is 1.95 bits per heavy atom. The first-order valence-electron chi connectivity index (χ1n) is 6.04. The predicted octanol–water partition coefficient (Wildman–Crippen LogP) is 4.81. The highest BCUT2D eigenvalue weighted by Gasteiger charge is 2.18. The summed E-state index contributed by atoms with van der Waals surface area (Å²) >= 11 is 3.15. The number of nitro benzene ring substituents is 1. The van der Waals surface area contributed by atoms with Crippen molar-refractivity contribution < 1.29 is 13.7 Å². The van der Waals surface area contributed by atoms with Gasteiger partial charge in [-0.15, -0.1) is 0 Å². The van der Waals surface area contributed by atoms with Gasteiger partial charge in [0, 0.05) is 22.2 Å². The van der Waals surface area contributed by atoms with Gasteiger partial charge in [-0.3, -0.25) is 10.1 Å². The molecule has 7 heteroatoms. The van der Waals surface area contributed by atoms with Crippen molar-refractivity contribution >= 4 is 27.3 Å². The summed E-state index contributed by atoms with van der Waals surface area (Å²) in [5.74, 6) is -1.06. The second-order valence-electron chi connectivity index (χ2n) is 4.45. The Kier molecular flexibility index (Phi) is 4.52. The summed E-state index contributed by atoms with van der Waals surface area (Å²) in [4.78, 5) is 10.3. The van der Waals surface area contributed by atoms with Crippen LogP contribution in [0.4, 0.5) is 20.2 Å². The number of nitro groups is 1. The Hall–Kier alpha value is -2.02. The normalized spacial score (nSPS) is 12.0. The molecule has 0 aliphatic carbocycles. The fourth-order valence-corrected chi connectivity index (χ4v) is 2.28. The van der Waals surface area contributed by atoms with Crippen LogP contribution in [0.1, 0.15) is 18.5 Å². The lowest BCUT2D eigenvalue weighted by atomic mass is 10.1. The smallest absolute Gasteiger partial charge is 0.292 e. The zero-order chi connectivity index (χ0) is 15.6. The molecule has 110 valence electrons. The van der Waals surface area contributed by atoms with Gasteiger partial charge in [0.25, 0.3) is 5.69 Å². The standard InChI is InChI=1S/C14H11BrF2N2O2/c1-8(11-4-2-9(15)6-12(11)17)18-13-7-10(16)3-5-14(13)19(20)21/h2-8,18H,1H3. The van der Waals surface area contributed by atoms with Gasteiger partial charge in [-0.1, -0.05) is 22.0 Å². The van der Waals surface area contributed by atoms with Crippen molar-refractivity contribution in [1.82, 2.24) is 0 Å². The maximum absolute atomic E-state index is 13.9. The average molecular weight is 357 g/mol. The Morgan fingerprint density at radius 3 is 2.57 bits per heavy atom. The Labute approximate surface area is 128 Å². The number of hydrogen-bond acceptors (Lipinski definition) is 3. The van der Waals surface area contributed by atoms with Crippen LogP contribution in [-0.2, 0) is 0 Å². The topological polar surface area (TPSA) is 55.2 Å². The van der Waals surface area contributed by atoms with Crippen LogP contribution < -0.4 is 5.32 Å². The highest BCUT2D eigenvalue weighted by molar-refractivity contribution is 9.10. The van der Waals surface area contributed by atoms with E-state index in [1.165, 1.54) is 6.07 Å². The summed E-state index contributed by atoms with van der Waals surface area (Å²) in [5.41, 5.74) is 0.0762. The summed E-state index contributed by atoms with van der Waals surface area (Å²) in [6, 6.07) is 7.06. The number of halogens is 3. The van der Waals surface area contributed by atoms with Gasteiger partial charge in [0.2, 0.25) is 0 Å². The largest absolute Gasteiger partial charge is 0.373 e. The SMILES string of the molecule is CC(Nc1cc(F)ccc1[N+](=O)[O-])c1ccc(Br)cc1F. The van der Waals surface area contributed by atoms with Crippen molar-refractivity contribution in [3.63, 3.8) is 0 Å². The minimum atomic E-state index is -0.619. The van der Waals surface area contributed by atoms with Crippen LogP contribution in [0.2, 0.25) is 0 Å². The number of nitrogens with zero attached hydrogens (tertiary/aromatic N) is 1. The lowest BCUT2D eigenvalue weighted by molar-refractivity contribution is -0.384. The van der Waals surface area contributed by atoms with Crippen molar-refractivity contribution in [2.45, 2.75) is 13.0 Å². The van der Waals surface area contributed by atoms with E-state index in [0.717, 1.165) is 18.2 Å². The van der Waals surface area contributed by atoms with E-state index < -0.39 is 22.6 Å². The van der Waals surface area contributed by atoms with E-state index in [4.69, 9.17) is 0 Å². The van der Waals surface area contributed by atoms with Gasteiger partial charge in [-0.2, -0.15) is 0 Å². The molecule has 0 heterocycles. The molecule has 4 nitrogen and oxygen atoms in total. The van der Waals surface area contributed by atoms with Gasteiger partial charge < -0.3 is 5.32 Å². The van der Waals surface area contributed by atoms with Gasteiger partial charge in [0.15, 0.2) is 0 Å². The van der Waals surface area contributed by atoms with Gasteiger partial charge in [-0.25, -0.2) is 8.78 Å². The molecule has 0 aliphatic heterocycles. The summed E-state index contributed by atoms with van der Waals surface area (Å²) < 4.78 is 27.7. The zero-order valence-corrected chi connectivity index (χ0v) is 12.5.